The number of nitrogens with zero attached hydrogens (tertiary/aromatic N) is 1. The fraction of sp³-hybridized carbons (Fsp3) is 0.625. The van der Waals surface area contributed by atoms with Gasteiger partial charge in [-0.15, -0.1) is 0 Å². The van der Waals surface area contributed by atoms with Crippen LogP contribution in [0.5, 0.6) is 0 Å². The van der Waals surface area contributed by atoms with Crippen LogP contribution in [0.15, 0.2) is 35.2 Å². The molecule has 22 heavy (non-hydrogen) atoms. The first-order chi connectivity index (χ1) is 10.7. The minimum Gasteiger partial charge on any atom is -0.379 e. The first-order valence-corrected chi connectivity index (χ1v) is 9.54. The summed E-state index contributed by atoms with van der Waals surface area (Å²) in [5, 5.41) is 0. The molecule has 0 aromatic heterocycles. The van der Waals surface area contributed by atoms with E-state index in [1.54, 1.807) is 24.3 Å². The molecule has 6 heteroatoms. The maximum atomic E-state index is 12.6. The van der Waals surface area contributed by atoms with Crippen molar-refractivity contribution >= 4 is 10.0 Å². The number of hydrogen-bond donors (Lipinski definition) is 1. The van der Waals surface area contributed by atoms with Gasteiger partial charge in [0, 0.05) is 25.2 Å². The predicted octanol–water partition coefficient (Wildman–Crippen LogP) is 1.61. The highest BCUT2D eigenvalue weighted by atomic mass is 32.2. The zero-order chi connectivity index (χ0) is 15.4. The van der Waals surface area contributed by atoms with Crippen LogP contribution >= 0.6 is 0 Å². The molecule has 1 aromatic carbocycles. The predicted molar refractivity (Wildman–Crippen MR) is 85.2 cm³/mol. The van der Waals surface area contributed by atoms with Crippen molar-refractivity contribution in [2.45, 2.75) is 42.7 Å². The lowest BCUT2D eigenvalue weighted by Gasteiger charge is -2.41. The van der Waals surface area contributed by atoms with Crippen LogP contribution in [0.2, 0.25) is 0 Å². The van der Waals surface area contributed by atoms with Crippen molar-refractivity contribution in [3.63, 3.8) is 0 Å². The Morgan fingerprint density at radius 3 is 2.45 bits per heavy atom. The molecule has 1 saturated heterocycles. The summed E-state index contributed by atoms with van der Waals surface area (Å²) in [5.74, 6) is 0. The van der Waals surface area contributed by atoms with Gasteiger partial charge in [-0.3, -0.25) is 4.90 Å². The normalized spacial score (nSPS) is 27.6. The van der Waals surface area contributed by atoms with E-state index in [2.05, 4.69) is 9.62 Å². The van der Waals surface area contributed by atoms with E-state index < -0.39 is 10.0 Å². The van der Waals surface area contributed by atoms with E-state index in [0.29, 0.717) is 4.90 Å². The van der Waals surface area contributed by atoms with E-state index in [-0.39, 0.29) is 12.1 Å². The SMILES string of the molecule is O=S(=O)(N[C@H]1CCCC[C@H]1N1CCOCC1)c1ccccc1. The van der Waals surface area contributed by atoms with Crippen LogP contribution in [0.25, 0.3) is 0 Å². The summed E-state index contributed by atoms with van der Waals surface area (Å²) < 4.78 is 33.5. The van der Waals surface area contributed by atoms with E-state index in [4.69, 9.17) is 4.74 Å². The van der Waals surface area contributed by atoms with Crippen molar-refractivity contribution in [2.24, 2.45) is 0 Å². The third-order valence-electron chi connectivity index (χ3n) is 4.60. The fourth-order valence-corrected chi connectivity index (χ4v) is 4.79. The van der Waals surface area contributed by atoms with Gasteiger partial charge in [0.2, 0.25) is 10.0 Å². The van der Waals surface area contributed by atoms with Gasteiger partial charge in [-0.25, -0.2) is 13.1 Å². The number of morpholine rings is 1. The van der Waals surface area contributed by atoms with Gasteiger partial charge in [-0.1, -0.05) is 31.0 Å². The molecule has 0 amide bonds. The highest BCUT2D eigenvalue weighted by molar-refractivity contribution is 7.89. The van der Waals surface area contributed by atoms with Crippen molar-refractivity contribution in [3.05, 3.63) is 30.3 Å². The molecule has 2 aliphatic rings. The zero-order valence-electron chi connectivity index (χ0n) is 12.8. The molecular weight excluding hydrogens is 300 g/mol. The molecule has 0 unspecified atom stereocenters. The standard InChI is InChI=1S/C16H24N2O3S/c19-22(20,14-6-2-1-3-7-14)17-15-8-4-5-9-16(15)18-10-12-21-13-11-18/h1-3,6-7,15-17H,4-5,8-13H2/t15-,16+/m0/s1. The Morgan fingerprint density at radius 2 is 1.73 bits per heavy atom. The summed E-state index contributed by atoms with van der Waals surface area (Å²) >= 11 is 0. The minimum atomic E-state index is -3.44. The molecule has 2 atom stereocenters. The van der Waals surface area contributed by atoms with Gasteiger partial charge in [0.25, 0.3) is 0 Å². The van der Waals surface area contributed by atoms with Gasteiger partial charge >= 0.3 is 0 Å². The molecule has 3 rings (SSSR count). The molecule has 0 radical (unpaired) electrons. The van der Waals surface area contributed by atoms with E-state index in [1.807, 2.05) is 6.07 Å². The average molecular weight is 324 g/mol. The quantitative estimate of drug-likeness (QED) is 0.914. The summed E-state index contributed by atoms with van der Waals surface area (Å²) in [6, 6.07) is 8.93. The van der Waals surface area contributed by atoms with Crippen LogP contribution in [0.1, 0.15) is 25.7 Å². The van der Waals surface area contributed by atoms with E-state index in [9.17, 15) is 8.42 Å². The van der Waals surface area contributed by atoms with Gasteiger partial charge in [0.1, 0.15) is 0 Å². The monoisotopic (exact) mass is 324 g/mol. The first kappa shape index (κ1) is 15.9. The third-order valence-corrected chi connectivity index (χ3v) is 6.11. The van der Waals surface area contributed by atoms with E-state index >= 15 is 0 Å². The molecule has 1 heterocycles. The molecule has 1 aliphatic carbocycles. The first-order valence-electron chi connectivity index (χ1n) is 8.06. The van der Waals surface area contributed by atoms with E-state index in [1.165, 1.54) is 6.42 Å². The summed E-state index contributed by atoms with van der Waals surface area (Å²) in [4.78, 5) is 2.74. The molecular formula is C16H24N2O3S. The fourth-order valence-electron chi connectivity index (χ4n) is 3.46. The van der Waals surface area contributed by atoms with Gasteiger partial charge in [0.15, 0.2) is 0 Å². The lowest BCUT2D eigenvalue weighted by Crippen LogP contribution is -2.55. The van der Waals surface area contributed by atoms with Crippen molar-refractivity contribution in [1.29, 1.82) is 0 Å². The number of ether oxygens (including phenoxy) is 1. The highest BCUT2D eigenvalue weighted by Crippen LogP contribution is 2.25. The lowest BCUT2D eigenvalue weighted by molar-refractivity contribution is 0.00211. The molecule has 122 valence electrons. The number of rotatable bonds is 4. The topological polar surface area (TPSA) is 58.6 Å². The lowest BCUT2D eigenvalue weighted by atomic mass is 9.89. The van der Waals surface area contributed by atoms with Crippen LogP contribution < -0.4 is 4.72 Å². The van der Waals surface area contributed by atoms with Crippen LogP contribution in [-0.2, 0) is 14.8 Å². The van der Waals surface area contributed by atoms with Crippen molar-refractivity contribution in [1.82, 2.24) is 9.62 Å². The number of benzene rings is 1. The summed E-state index contributed by atoms with van der Waals surface area (Å²) in [7, 11) is -3.44. The molecule has 1 N–H and O–H groups in total. The van der Waals surface area contributed by atoms with Crippen LogP contribution in [0, 0.1) is 0 Å². The Bertz CT molecular complexity index is 570. The van der Waals surface area contributed by atoms with Crippen molar-refractivity contribution in [2.75, 3.05) is 26.3 Å². The average Bonchev–Trinajstić information content (AvgIpc) is 2.57. The van der Waals surface area contributed by atoms with Crippen LogP contribution in [0.3, 0.4) is 0 Å². The van der Waals surface area contributed by atoms with Gasteiger partial charge in [-0.05, 0) is 25.0 Å². The second kappa shape index (κ2) is 7.08. The summed E-state index contributed by atoms with van der Waals surface area (Å²) in [6.07, 6.45) is 4.23. The molecule has 1 aromatic rings. The van der Waals surface area contributed by atoms with Crippen molar-refractivity contribution < 1.29 is 13.2 Å². The Labute approximate surface area is 132 Å². The summed E-state index contributed by atoms with van der Waals surface area (Å²) in [5.41, 5.74) is 0. The molecule has 5 nitrogen and oxygen atoms in total. The Kier molecular flexibility index (Phi) is 5.13. The molecule has 2 fully saturated rings. The molecule has 1 saturated carbocycles. The zero-order valence-corrected chi connectivity index (χ0v) is 13.6. The Morgan fingerprint density at radius 1 is 1.05 bits per heavy atom. The van der Waals surface area contributed by atoms with Gasteiger partial charge in [-0.2, -0.15) is 0 Å². The smallest absolute Gasteiger partial charge is 0.240 e. The Balaban J connectivity index is 1.73. The van der Waals surface area contributed by atoms with Crippen LogP contribution in [-0.4, -0.2) is 51.7 Å². The second-order valence-electron chi connectivity index (χ2n) is 6.04. The minimum absolute atomic E-state index is 0.00273. The largest absolute Gasteiger partial charge is 0.379 e. The highest BCUT2D eigenvalue weighted by Gasteiger charge is 2.33. The number of nitrogens with one attached hydrogen (secondary N) is 1. The molecule has 1 aliphatic heterocycles. The van der Waals surface area contributed by atoms with Crippen LogP contribution in [0.4, 0.5) is 0 Å². The third kappa shape index (κ3) is 3.68. The van der Waals surface area contributed by atoms with Gasteiger partial charge < -0.3 is 4.74 Å². The molecule has 0 spiro atoms. The maximum Gasteiger partial charge on any atom is 0.240 e. The Hall–Kier alpha value is -0.950. The van der Waals surface area contributed by atoms with Crippen molar-refractivity contribution in [3.8, 4) is 0 Å². The maximum absolute atomic E-state index is 12.6. The number of sulfonamides is 1. The second-order valence-corrected chi connectivity index (χ2v) is 7.75. The number of hydrogen-bond acceptors (Lipinski definition) is 4. The van der Waals surface area contributed by atoms with E-state index in [0.717, 1.165) is 45.6 Å². The summed E-state index contributed by atoms with van der Waals surface area (Å²) in [6.45, 7) is 3.28. The molecule has 0 bridgehead atoms. The van der Waals surface area contributed by atoms with Gasteiger partial charge in [0.05, 0.1) is 18.1 Å².